The van der Waals surface area contributed by atoms with Crippen LogP contribution in [-0.2, 0) is 0 Å². The third-order valence-corrected chi connectivity index (χ3v) is 5.52. The molecule has 1 amide bonds. The molecule has 0 saturated carbocycles. The number of carbonyl (C=O) groups excluding carboxylic acids is 1. The molecule has 2 aromatic heterocycles. The summed E-state index contributed by atoms with van der Waals surface area (Å²) in [6.07, 6.45) is 1.55. The van der Waals surface area contributed by atoms with Gasteiger partial charge in [0.2, 0.25) is 4.96 Å². The van der Waals surface area contributed by atoms with Crippen molar-refractivity contribution in [3.63, 3.8) is 0 Å². The highest BCUT2D eigenvalue weighted by Gasteiger charge is 2.27. The molecule has 9 heteroatoms. The van der Waals surface area contributed by atoms with Gasteiger partial charge in [-0.15, -0.1) is 10.2 Å². The van der Waals surface area contributed by atoms with E-state index in [0.29, 0.717) is 13.1 Å². The molecule has 0 spiro atoms. The van der Waals surface area contributed by atoms with E-state index in [1.54, 1.807) is 9.42 Å². The number of nitrogens with zero attached hydrogens (tertiary/aromatic N) is 5. The Kier molecular flexibility index (Phi) is 3.95. The first kappa shape index (κ1) is 16.1. The number of fused-ring (bicyclic) bond motifs is 1. The second-order valence-corrected chi connectivity index (χ2v) is 7.06. The van der Waals surface area contributed by atoms with Gasteiger partial charge in [0, 0.05) is 24.6 Å². The maximum Gasteiger partial charge on any atom is 0.253 e. The Morgan fingerprint density at radius 1 is 1.20 bits per heavy atom. The van der Waals surface area contributed by atoms with Crippen molar-refractivity contribution in [3.05, 3.63) is 46.2 Å². The molecule has 3 heterocycles. The van der Waals surface area contributed by atoms with E-state index in [0.717, 1.165) is 40.8 Å². The molecule has 0 aliphatic carbocycles. The summed E-state index contributed by atoms with van der Waals surface area (Å²) in [4.78, 5) is 14.9. The summed E-state index contributed by atoms with van der Waals surface area (Å²) >= 11 is 1.52. The van der Waals surface area contributed by atoms with Crippen LogP contribution in [0.5, 0.6) is 0 Å². The van der Waals surface area contributed by atoms with E-state index >= 15 is 0 Å². The standard InChI is InChI=1S/C16H15F2N5OS/c1-9-19-20-16-23(9)21-14(25-16)10-4-6-22(7-5-10)15(24)11-2-3-12(17)13(18)8-11/h2-3,8,10H,4-7H2,1H3. The third-order valence-electron chi connectivity index (χ3n) is 4.46. The highest BCUT2D eigenvalue weighted by atomic mass is 32.1. The normalized spacial score (nSPS) is 15.9. The van der Waals surface area contributed by atoms with Crippen LogP contribution in [0.1, 0.15) is 39.9 Å². The van der Waals surface area contributed by atoms with Crippen LogP contribution in [0.4, 0.5) is 8.78 Å². The van der Waals surface area contributed by atoms with Crippen LogP contribution in [0.2, 0.25) is 0 Å². The second kappa shape index (κ2) is 6.14. The summed E-state index contributed by atoms with van der Waals surface area (Å²) in [5.74, 6) is -1.21. The molecule has 1 saturated heterocycles. The number of aryl methyl sites for hydroxylation is 1. The molecular weight excluding hydrogens is 348 g/mol. The van der Waals surface area contributed by atoms with Crippen molar-refractivity contribution in [1.82, 2.24) is 24.7 Å². The van der Waals surface area contributed by atoms with Crippen molar-refractivity contribution in [1.29, 1.82) is 0 Å². The number of hydrogen-bond donors (Lipinski definition) is 0. The quantitative estimate of drug-likeness (QED) is 0.702. The van der Waals surface area contributed by atoms with Gasteiger partial charge >= 0.3 is 0 Å². The Balaban J connectivity index is 1.45. The molecule has 1 aliphatic rings. The first-order chi connectivity index (χ1) is 12.0. The minimum Gasteiger partial charge on any atom is -0.339 e. The van der Waals surface area contributed by atoms with Crippen LogP contribution in [0.3, 0.4) is 0 Å². The van der Waals surface area contributed by atoms with Crippen LogP contribution in [0, 0.1) is 18.6 Å². The zero-order valence-electron chi connectivity index (χ0n) is 13.4. The lowest BCUT2D eigenvalue weighted by molar-refractivity contribution is 0.0712. The van der Waals surface area contributed by atoms with E-state index in [-0.39, 0.29) is 17.4 Å². The van der Waals surface area contributed by atoms with Gasteiger partial charge in [0.05, 0.1) is 0 Å². The van der Waals surface area contributed by atoms with Gasteiger partial charge in [0.15, 0.2) is 17.5 Å². The maximum atomic E-state index is 13.3. The van der Waals surface area contributed by atoms with Crippen molar-refractivity contribution in [2.24, 2.45) is 0 Å². The summed E-state index contributed by atoms with van der Waals surface area (Å²) in [5.41, 5.74) is 0.173. The number of piperidine rings is 1. The van der Waals surface area contributed by atoms with Crippen LogP contribution in [0.25, 0.3) is 4.96 Å². The lowest BCUT2D eigenvalue weighted by Gasteiger charge is -2.31. The first-order valence-electron chi connectivity index (χ1n) is 7.96. The number of halogens is 2. The molecule has 0 bridgehead atoms. The van der Waals surface area contributed by atoms with Gasteiger partial charge in [0.25, 0.3) is 5.91 Å². The molecule has 25 heavy (non-hydrogen) atoms. The van der Waals surface area contributed by atoms with E-state index in [1.807, 2.05) is 6.92 Å². The van der Waals surface area contributed by atoms with Crippen molar-refractivity contribution < 1.29 is 13.6 Å². The van der Waals surface area contributed by atoms with Gasteiger partial charge in [0.1, 0.15) is 5.01 Å². The van der Waals surface area contributed by atoms with Crippen molar-refractivity contribution in [3.8, 4) is 0 Å². The summed E-state index contributed by atoms with van der Waals surface area (Å²) < 4.78 is 28.1. The van der Waals surface area contributed by atoms with E-state index in [1.165, 1.54) is 17.4 Å². The molecule has 1 fully saturated rings. The molecule has 0 N–H and O–H groups in total. The average molecular weight is 363 g/mol. The van der Waals surface area contributed by atoms with E-state index in [2.05, 4.69) is 15.3 Å². The number of benzene rings is 1. The first-order valence-corrected chi connectivity index (χ1v) is 8.77. The Morgan fingerprint density at radius 2 is 1.96 bits per heavy atom. The summed E-state index contributed by atoms with van der Waals surface area (Å²) in [7, 11) is 0. The Hall–Kier alpha value is -2.42. The minimum atomic E-state index is -1.00. The summed E-state index contributed by atoms with van der Waals surface area (Å²) in [6, 6.07) is 3.25. The zero-order chi connectivity index (χ0) is 17.6. The van der Waals surface area contributed by atoms with Gasteiger partial charge in [-0.25, -0.2) is 8.78 Å². The number of rotatable bonds is 2. The molecule has 1 aromatic carbocycles. The number of carbonyl (C=O) groups is 1. The van der Waals surface area contributed by atoms with Crippen molar-refractivity contribution in [2.45, 2.75) is 25.7 Å². The van der Waals surface area contributed by atoms with Crippen molar-refractivity contribution >= 4 is 22.2 Å². The number of aromatic nitrogens is 4. The molecule has 3 aromatic rings. The van der Waals surface area contributed by atoms with E-state index < -0.39 is 11.6 Å². The van der Waals surface area contributed by atoms with Crippen LogP contribution in [-0.4, -0.2) is 43.7 Å². The highest BCUT2D eigenvalue weighted by Crippen LogP contribution is 2.31. The summed E-state index contributed by atoms with van der Waals surface area (Å²) in [6.45, 7) is 2.97. The Morgan fingerprint density at radius 3 is 2.64 bits per heavy atom. The zero-order valence-corrected chi connectivity index (χ0v) is 14.3. The largest absolute Gasteiger partial charge is 0.339 e. The van der Waals surface area contributed by atoms with Gasteiger partial charge in [-0.1, -0.05) is 11.3 Å². The number of likely N-dealkylation sites (tertiary alicyclic amines) is 1. The van der Waals surface area contributed by atoms with E-state index in [4.69, 9.17) is 0 Å². The van der Waals surface area contributed by atoms with Gasteiger partial charge < -0.3 is 4.90 Å². The number of hydrogen-bond acceptors (Lipinski definition) is 5. The van der Waals surface area contributed by atoms with E-state index in [9.17, 15) is 13.6 Å². The molecule has 0 radical (unpaired) electrons. The fraction of sp³-hybridized carbons (Fsp3) is 0.375. The monoisotopic (exact) mass is 363 g/mol. The highest BCUT2D eigenvalue weighted by molar-refractivity contribution is 7.16. The predicted molar refractivity (Wildman–Crippen MR) is 87.6 cm³/mol. The lowest BCUT2D eigenvalue weighted by atomic mass is 9.97. The molecular formula is C16H15F2N5OS. The third kappa shape index (κ3) is 2.88. The Bertz CT molecular complexity index is 945. The van der Waals surface area contributed by atoms with Gasteiger partial charge in [-0.2, -0.15) is 9.61 Å². The Labute approximate surface area is 146 Å². The molecule has 0 unspecified atom stereocenters. The second-order valence-electron chi connectivity index (χ2n) is 6.08. The minimum absolute atomic E-state index is 0.173. The van der Waals surface area contributed by atoms with Crippen LogP contribution < -0.4 is 0 Å². The topological polar surface area (TPSA) is 63.4 Å². The SMILES string of the molecule is Cc1nnc2sc(C3CCN(C(=O)c4ccc(F)c(F)c4)CC3)nn12. The lowest BCUT2D eigenvalue weighted by Crippen LogP contribution is -2.38. The molecule has 4 rings (SSSR count). The maximum absolute atomic E-state index is 13.3. The predicted octanol–water partition coefficient (Wildman–Crippen LogP) is 2.79. The van der Waals surface area contributed by atoms with Crippen LogP contribution >= 0.6 is 11.3 Å². The fourth-order valence-electron chi connectivity index (χ4n) is 3.04. The van der Waals surface area contributed by atoms with Crippen LogP contribution in [0.15, 0.2) is 18.2 Å². The molecule has 1 aliphatic heterocycles. The smallest absolute Gasteiger partial charge is 0.253 e. The van der Waals surface area contributed by atoms with Gasteiger partial charge in [-0.05, 0) is 38.0 Å². The molecule has 130 valence electrons. The number of amides is 1. The average Bonchev–Trinajstić information content (AvgIpc) is 3.19. The summed E-state index contributed by atoms with van der Waals surface area (Å²) in [5, 5.41) is 13.6. The fourth-order valence-corrected chi connectivity index (χ4v) is 4.09. The molecule has 6 nitrogen and oxygen atoms in total. The van der Waals surface area contributed by atoms with Crippen molar-refractivity contribution in [2.75, 3.05) is 13.1 Å². The molecule has 0 atom stereocenters. The van der Waals surface area contributed by atoms with Gasteiger partial charge in [-0.3, -0.25) is 4.79 Å².